The van der Waals surface area contributed by atoms with Crippen LogP contribution in [0.2, 0.25) is 0 Å². The van der Waals surface area contributed by atoms with E-state index in [1.54, 1.807) is 0 Å². The van der Waals surface area contributed by atoms with Crippen LogP contribution in [0.3, 0.4) is 0 Å². The molecule has 0 N–H and O–H groups in total. The molecule has 1 heterocycles. The summed E-state index contributed by atoms with van der Waals surface area (Å²) < 4.78 is 22.3. The molecule has 1 aliphatic heterocycles. The summed E-state index contributed by atoms with van der Waals surface area (Å²) in [5.41, 5.74) is 0. The number of sulfone groups is 1. The van der Waals surface area contributed by atoms with Gasteiger partial charge in [-0.1, -0.05) is 26.7 Å². The molecule has 2 atom stereocenters. The van der Waals surface area contributed by atoms with Crippen molar-refractivity contribution < 1.29 is 8.42 Å². The van der Waals surface area contributed by atoms with E-state index in [1.165, 1.54) is 0 Å². The SMILES string of the molecule is CCC1CS(=O)(=O)CC1CC. The van der Waals surface area contributed by atoms with E-state index >= 15 is 0 Å². The zero-order valence-electron chi connectivity index (χ0n) is 7.21. The molecule has 1 rings (SSSR count). The van der Waals surface area contributed by atoms with Gasteiger partial charge in [0.25, 0.3) is 0 Å². The van der Waals surface area contributed by atoms with Gasteiger partial charge in [0, 0.05) is 0 Å². The molecule has 1 saturated heterocycles. The first-order valence-corrected chi connectivity index (χ1v) is 6.11. The van der Waals surface area contributed by atoms with Gasteiger partial charge in [-0.25, -0.2) is 8.42 Å². The number of hydrogen-bond acceptors (Lipinski definition) is 2. The lowest BCUT2D eigenvalue weighted by molar-refractivity contribution is 0.397. The summed E-state index contributed by atoms with van der Waals surface area (Å²) in [4.78, 5) is 0. The van der Waals surface area contributed by atoms with Crippen molar-refractivity contribution in [3.63, 3.8) is 0 Å². The smallest absolute Gasteiger partial charge is 0.150 e. The Morgan fingerprint density at radius 1 is 1.09 bits per heavy atom. The average Bonchev–Trinajstić information content (AvgIpc) is 2.25. The maximum atomic E-state index is 11.2. The van der Waals surface area contributed by atoms with Gasteiger partial charge in [-0.3, -0.25) is 0 Å². The van der Waals surface area contributed by atoms with Crippen LogP contribution in [0.15, 0.2) is 0 Å². The van der Waals surface area contributed by atoms with E-state index in [4.69, 9.17) is 0 Å². The molecule has 0 saturated carbocycles. The first kappa shape index (κ1) is 9.04. The predicted octanol–water partition coefficient (Wildman–Crippen LogP) is 1.47. The Morgan fingerprint density at radius 3 is 1.73 bits per heavy atom. The molecule has 0 aliphatic carbocycles. The molecular formula is C8H16O2S. The monoisotopic (exact) mass is 176 g/mol. The fourth-order valence-corrected chi connectivity index (χ4v) is 4.35. The van der Waals surface area contributed by atoms with Crippen molar-refractivity contribution in [2.75, 3.05) is 11.5 Å². The lowest BCUT2D eigenvalue weighted by Crippen LogP contribution is -2.09. The normalized spacial score (nSPS) is 35.8. The van der Waals surface area contributed by atoms with Gasteiger partial charge in [0.05, 0.1) is 11.5 Å². The van der Waals surface area contributed by atoms with E-state index in [0.29, 0.717) is 23.3 Å². The second-order valence-corrected chi connectivity index (χ2v) is 5.57. The molecule has 66 valence electrons. The molecule has 0 spiro atoms. The van der Waals surface area contributed by atoms with Crippen molar-refractivity contribution >= 4 is 9.84 Å². The first-order chi connectivity index (χ1) is 5.09. The molecular weight excluding hydrogens is 160 g/mol. The molecule has 3 heteroatoms. The van der Waals surface area contributed by atoms with Crippen LogP contribution in [0, 0.1) is 11.8 Å². The second kappa shape index (κ2) is 3.13. The number of hydrogen-bond donors (Lipinski definition) is 0. The van der Waals surface area contributed by atoms with E-state index in [0.717, 1.165) is 12.8 Å². The van der Waals surface area contributed by atoms with Gasteiger partial charge in [-0.15, -0.1) is 0 Å². The average molecular weight is 176 g/mol. The summed E-state index contributed by atoms with van der Waals surface area (Å²) in [6.07, 6.45) is 2.02. The van der Waals surface area contributed by atoms with Gasteiger partial charge in [0.15, 0.2) is 9.84 Å². The Hall–Kier alpha value is -0.0500. The fourth-order valence-electron chi connectivity index (χ4n) is 1.89. The van der Waals surface area contributed by atoms with Crippen LogP contribution in [0.25, 0.3) is 0 Å². The zero-order valence-corrected chi connectivity index (χ0v) is 8.02. The maximum absolute atomic E-state index is 11.2. The molecule has 0 amide bonds. The molecule has 11 heavy (non-hydrogen) atoms. The number of rotatable bonds is 2. The summed E-state index contributed by atoms with van der Waals surface area (Å²) in [6, 6.07) is 0. The van der Waals surface area contributed by atoms with Crippen LogP contribution in [-0.2, 0) is 9.84 Å². The minimum absolute atomic E-state index is 0.433. The van der Waals surface area contributed by atoms with Crippen molar-refractivity contribution in [1.82, 2.24) is 0 Å². The van der Waals surface area contributed by atoms with Crippen LogP contribution in [0.1, 0.15) is 26.7 Å². The molecule has 2 unspecified atom stereocenters. The topological polar surface area (TPSA) is 34.1 Å². The molecule has 0 radical (unpaired) electrons. The molecule has 0 aromatic carbocycles. The lowest BCUT2D eigenvalue weighted by Gasteiger charge is -2.12. The highest BCUT2D eigenvalue weighted by atomic mass is 32.2. The van der Waals surface area contributed by atoms with Crippen LogP contribution >= 0.6 is 0 Å². The highest BCUT2D eigenvalue weighted by molar-refractivity contribution is 7.91. The Balaban J connectivity index is 2.70. The minimum Gasteiger partial charge on any atom is -0.229 e. The fraction of sp³-hybridized carbons (Fsp3) is 1.00. The summed E-state index contributed by atoms with van der Waals surface area (Å²) in [6.45, 7) is 4.16. The van der Waals surface area contributed by atoms with Gasteiger partial charge in [0.2, 0.25) is 0 Å². The molecule has 2 nitrogen and oxygen atoms in total. The van der Waals surface area contributed by atoms with Crippen molar-refractivity contribution in [2.24, 2.45) is 11.8 Å². The van der Waals surface area contributed by atoms with E-state index < -0.39 is 9.84 Å². The van der Waals surface area contributed by atoms with Crippen LogP contribution in [-0.4, -0.2) is 19.9 Å². The summed E-state index contributed by atoms with van der Waals surface area (Å²) in [5.74, 6) is 1.74. The maximum Gasteiger partial charge on any atom is 0.150 e. The first-order valence-electron chi connectivity index (χ1n) is 4.29. The van der Waals surface area contributed by atoms with Crippen molar-refractivity contribution in [3.05, 3.63) is 0 Å². The third-order valence-electron chi connectivity index (χ3n) is 2.65. The van der Waals surface area contributed by atoms with Gasteiger partial charge < -0.3 is 0 Å². The Kier molecular flexibility index (Phi) is 2.58. The van der Waals surface area contributed by atoms with Crippen LogP contribution in [0.5, 0.6) is 0 Å². The zero-order chi connectivity index (χ0) is 8.48. The highest BCUT2D eigenvalue weighted by Crippen LogP contribution is 2.29. The molecule has 1 fully saturated rings. The van der Waals surface area contributed by atoms with Crippen LogP contribution in [0.4, 0.5) is 0 Å². The summed E-state index contributed by atoms with van der Waals surface area (Å²) in [7, 11) is -2.67. The quantitative estimate of drug-likeness (QED) is 0.638. The third-order valence-corrected chi connectivity index (χ3v) is 4.52. The lowest BCUT2D eigenvalue weighted by atomic mass is 9.92. The van der Waals surface area contributed by atoms with Gasteiger partial charge in [-0.05, 0) is 11.8 Å². The molecule has 0 aromatic rings. The summed E-state index contributed by atoms with van der Waals surface area (Å²) in [5, 5.41) is 0. The highest BCUT2D eigenvalue weighted by Gasteiger charge is 2.34. The van der Waals surface area contributed by atoms with Crippen LogP contribution < -0.4 is 0 Å². The van der Waals surface area contributed by atoms with E-state index in [9.17, 15) is 8.42 Å². The van der Waals surface area contributed by atoms with E-state index in [1.807, 2.05) is 0 Å². The van der Waals surface area contributed by atoms with E-state index in [-0.39, 0.29) is 0 Å². The van der Waals surface area contributed by atoms with Gasteiger partial charge in [0.1, 0.15) is 0 Å². The van der Waals surface area contributed by atoms with Crippen molar-refractivity contribution in [1.29, 1.82) is 0 Å². The second-order valence-electron chi connectivity index (χ2n) is 3.41. The predicted molar refractivity (Wildman–Crippen MR) is 46.2 cm³/mol. The Morgan fingerprint density at radius 2 is 1.45 bits per heavy atom. The molecule has 0 aromatic heterocycles. The van der Waals surface area contributed by atoms with Crippen molar-refractivity contribution in [2.45, 2.75) is 26.7 Å². The minimum atomic E-state index is -2.67. The third kappa shape index (κ3) is 1.95. The van der Waals surface area contributed by atoms with Gasteiger partial charge >= 0.3 is 0 Å². The Labute approximate surface area is 68.9 Å². The standard InChI is InChI=1S/C8H16O2S/c1-3-7-5-11(9,10)6-8(7)4-2/h7-8H,3-6H2,1-2H3. The summed E-state index contributed by atoms with van der Waals surface area (Å²) >= 11 is 0. The van der Waals surface area contributed by atoms with Gasteiger partial charge in [-0.2, -0.15) is 0 Å². The molecule has 0 bridgehead atoms. The Bertz CT molecular complexity index is 200. The van der Waals surface area contributed by atoms with Crippen molar-refractivity contribution in [3.8, 4) is 0 Å². The molecule has 1 aliphatic rings. The largest absolute Gasteiger partial charge is 0.229 e. The van der Waals surface area contributed by atoms with E-state index in [2.05, 4.69) is 13.8 Å².